The molecular weight excluding hydrogens is 204 g/mol. The molecule has 0 aromatic carbocycles. The third kappa shape index (κ3) is 1.85. The molecule has 1 heterocycles. The molecule has 0 spiro atoms. The Morgan fingerprint density at radius 3 is 2.81 bits per heavy atom. The predicted octanol–water partition coefficient (Wildman–Crippen LogP) is 0.429. The minimum atomic E-state index is -0.169. The third-order valence-corrected chi connectivity index (χ3v) is 3.69. The van der Waals surface area contributed by atoms with Crippen molar-refractivity contribution in [2.24, 2.45) is 5.73 Å². The number of aliphatic hydroxyl groups is 1. The van der Waals surface area contributed by atoms with Gasteiger partial charge in [0.05, 0.1) is 6.10 Å². The highest BCUT2D eigenvalue weighted by Crippen LogP contribution is 2.37. The van der Waals surface area contributed by atoms with Crippen molar-refractivity contribution < 1.29 is 5.11 Å². The third-order valence-electron chi connectivity index (χ3n) is 3.69. The van der Waals surface area contributed by atoms with Gasteiger partial charge in [-0.1, -0.05) is 0 Å². The van der Waals surface area contributed by atoms with Gasteiger partial charge in [-0.15, -0.1) is 0 Å². The molecule has 0 unspecified atom stereocenters. The Kier molecular flexibility index (Phi) is 3.25. The molecule has 0 atom stereocenters. The number of rotatable bonds is 3. The molecule has 0 saturated heterocycles. The highest BCUT2D eigenvalue weighted by Gasteiger charge is 2.38. The quantitative estimate of drug-likeness (QED) is 0.780. The normalized spacial score (nSPS) is 30.6. The molecular formula is C11H20N4O. The van der Waals surface area contributed by atoms with Crippen molar-refractivity contribution in [2.45, 2.75) is 50.7 Å². The first-order valence-electron chi connectivity index (χ1n) is 5.98. The number of hydrogen-bond acceptors (Lipinski definition) is 4. The van der Waals surface area contributed by atoms with E-state index in [9.17, 15) is 5.11 Å². The van der Waals surface area contributed by atoms with Crippen molar-refractivity contribution in [1.29, 1.82) is 0 Å². The standard InChI is InChI=1S/C11H20N4O/c1-2-15-10(13-8-14-15)11(7-12)5-3-9(16)4-6-11/h8-9,16H,2-7,12H2,1H3. The van der Waals surface area contributed by atoms with E-state index in [4.69, 9.17) is 5.73 Å². The second kappa shape index (κ2) is 4.51. The van der Waals surface area contributed by atoms with Crippen LogP contribution in [0.2, 0.25) is 0 Å². The maximum Gasteiger partial charge on any atom is 0.138 e. The summed E-state index contributed by atoms with van der Waals surface area (Å²) in [5, 5.41) is 13.8. The number of aromatic nitrogens is 3. The van der Waals surface area contributed by atoms with E-state index >= 15 is 0 Å². The van der Waals surface area contributed by atoms with Crippen molar-refractivity contribution in [3.05, 3.63) is 12.2 Å². The van der Waals surface area contributed by atoms with Gasteiger partial charge in [-0.2, -0.15) is 5.10 Å². The van der Waals surface area contributed by atoms with Crippen molar-refractivity contribution in [3.63, 3.8) is 0 Å². The van der Waals surface area contributed by atoms with Gasteiger partial charge in [-0.25, -0.2) is 9.67 Å². The molecule has 0 bridgehead atoms. The maximum absolute atomic E-state index is 9.58. The Labute approximate surface area is 95.7 Å². The van der Waals surface area contributed by atoms with E-state index in [-0.39, 0.29) is 11.5 Å². The van der Waals surface area contributed by atoms with Gasteiger partial charge in [-0.3, -0.25) is 0 Å². The van der Waals surface area contributed by atoms with Crippen molar-refractivity contribution in [3.8, 4) is 0 Å². The van der Waals surface area contributed by atoms with E-state index in [1.54, 1.807) is 6.33 Å². The second-order valence-electron chi connectivity index (χ2n) is 4.62. The Bertz CT molecular complexity index is 342. The van der Waals surface area contributed by atoms with Crippen LogP contribution in [0, 0.1) is 0 Å². The molecule has 3 N–H and O–H groups in total. The van der Waals surface area contributed by atoms with E-state index in [2.05, 4.69) is 17.0 Å². The fourth-order valence-electron chi connectivity index (χ4n) is 2.58. The van der Waals surface area contributed by atoms with Crippen LogP contribution in [0.3, 0.4) is 0 Å². The Hall–Kier alpha value is -0.940. The molecule has 0 aliphatic heterocycles. The van der Waals surface area contributed by atoms with Crippen LogP contribution in [0.25, 0.3) is 0 Å². The van der Waals surface area contributed by atoms with Gasteiger partial charge in [0, 0.05) is 18.5 Å². The Morgan fingerprint density at radius 1 is 1.56 bits per heavy atom. The lowest BCUT2D eigenvalue weighted by Gasteiger charge is -2.37. The summed E-state index contributed by atoms with van der Waals surface area (Å²) in [6.45, 7) is 3.46. The van der Waals surface area contributed by atoms with Crippen LogP contribution >= 0.6 is 0 Å². The lowest BCUT2D eigenvalue weighted by atomic mass is 9.72. The molecule has 1 aliphatic carbocycles. The van der Waals surface area contributed by atoms with Gasteiger partial charge < -0.3 is 10.8 Å². The van der Waals surface area contributed by atoms with E-state index in [1.165, 1.54) is 0 Å². The van der Waals surface area contributed by atoms with Gasteiger partial charge in [-0.05, 0) is 32.6 Å². The highest BCUT2D eigenvalue weighted by molar-refractivity contribution is 5.11. The first kappa shape index (κ1) is 11.5. The van der Waals surface area contributed by atoms with E-state index in [1.807, 2.05) is 4.68 Å². The number of nitrogens with zero attached hydrogens (tertiary/aromatic N) is 3. The van der Waals surface area contributed by atoms with E-state index < -0.39 is 0 Å². The van der Waals surface area contributed by atoms with Gasteiger partial charge in [0.2, 0.25) is 0 Å². The van der Waals surface area contributed by atoms with Crippen molar-refractivity contribution >= 4 is 0 Å². The van der Waals surface area contributed by atoms with Crippen LogP contribution in [0.15, 0.2) is 6.33 Å². The van der Waals surface area contributed by atoms with Crippen LogP contribution in [0.4, 0.5) is 0 Å². The topological polar surface area (TPSA) is 77.0 Å². The maximum atomic E-state index is 9.58. The summed E-state index contributed by atoms with van der Waals surface area (Å²) in [6, 6.07) is 0. The minimum absolute atomic E-state index is 0.0776. The van der Waals surface area contributed by atoms with Gasteiger partial charge in [0.1, 0.15) is 12.2 Å². The molecule has 2 rings (SSSR count). The van der Waals surface area contributed by atoms with Crippen molar-refractivity contribution in [2.75, 3.05) is 6.54 Å². The molecule has 1 fully saturated rings. The summed E-state index contributed by atoms with van der Waals surface area (Å²) < 4.78 is 1.92. The Morgan fingerprint density at radius 2 is 2.25 bits per heavy atom. The number of aryl methyl sites for hydroxylation is 1. The lowest BCUT2D eigenvalue weighted by molar-refractivity contribution is 0.0932. The SMILES string of the molecule is CCn1ncnc1C1(CN)CCC(O)CC1. The van der Waals surface area contributed by atoms with Crippen LogP contribution in [-0.4, -0.2) is 32.5 Å². The molecule has 0 radical (unpaired) electrons. The monoisotopic (exact) mass is 224 g/mol. The minimum Gasteiger partial charge on any atom is -0.393 e. The fourth-order valence-corrected chi connectivity index (χ4v) is 2.58. The van der Waals surface area contributed by atoms with E-state index in [0.29, 0.717) is 6.54 Å². The first-order chi connectivity index (χ1) is 7.72. The predicted molar refractivity (Wildman–Crippen MR) is 60.9 cm³/mol. The number of aliphatic hydroxyl groups excluding tert-OH is 1. The average molecular weight is 224 g/mol. The van der Waals surface area contributed by atoms with Crippen LogP contribution < -0.4 is 5.73 Å². The molecule has 90 valence electrons. The summed E-state index contributed by atoms with van der Waals surface area (Å²) in [5.74, 6) is 0.990. The summed E-state index contributed by atoms with van der Waals surface area (Å²) in [5.41, 5.74) is 5.86. The summed E-state index contributed by atoms with van der Waals surface area (Å²) in [7, 11) is 0. The highest BCUT2D eigenvalue weighted by atomic mass is 16.3. The van der Waals surface area contributed by atoms with Crippen LogP contribution in [0.5, 0.6) is 0 Å². The van der Waals surface area contributed by atoms with Crippen LogP contribution in [0.1, 0.15) is 38.4 Å². The average Bonchev–Trinajstić information content (AvgIpc) is 2.79. The molecule has 5 nitrogen and oxygen atoms in total. The first-order valence-corrected chi connectivity index (χ1v) is 5.98. The van der Waals surface area contributed by atoms with Gasteiger partial charge in [0.25, 0.3) is 0 Å². The Balaban J connectivity index is 2.27. The number of nitrogens with two attached hydrogens (primary N) is 1. The number of hydrogen-bond donors (Lipinski definition) is 2. The lowest BCUT2D eigenvalue weighted by Crippen LogP contribution is -2.42. The molecule has 1 aromatic rings. The molecule has 16 heavy (non-hydrogen) atoms. The fraction of sp³-hybridized carbons (Fsp3) is 0.818. The van der Waals surface area contributed by atoms with Gasteiger partial charge >= 0.3 is 0 Å². The van der Waals surface area contributed by atoms with Crippen molar-refractivity contribution in [1.82, 2.24) is 14.8 Å². The zero-order chi connectivity index (χ0) is 11.6. The molecule has 1 aliphatic rings. The molecule has 1 saturated carbocycles. The largest absolute Gasteiger partial charge is 0.393 e. The molecule has 5 heteroatoms. The zero-order valence-electron chi connectivity index (χ0n) is 9.76. The summed E-state index contributed by atoms with van der Waals surface area (Å²) in [4.78, 5) is 4.37. The molecule has 0 amide bonds. The van der Waals surface area contributed by atoms with E-state index in [0.717, 1.165) is 38.1 Å². The zero-order valence-corrected chi connectivity index (χ0v) is 9.76. The smallest absolute Gasteiger partial charge is 0.138 e. The summed E-state index contributed by atoms with van der Waals surface area (Å²) in [6.07, 6.45) is 4.87. The van der Waals surface area contributed by atoms with Crippen LogP contribution in [-0.2, 0) is 12.0 Å². The second-order valence-corrected chi connectivity index (χ2v) is 4.62. The summed E-state index contributed by atoms with van der Waals surface area (Å²) >= 11 is 0. The van der Waals surface area contributed by atoms with Gasteiger partial charge in [0.15, 0.2) is 0 Å². The molecule has 1 aromatic heterocycles.